The molecule has 1 aliphatic heterocycles. The molecule has 0 saturated heterocycles. The number of hydrogen-bond donors (Lipinski definition) is 1. The zero-order chi connectivity index (χ0) is 23.1. The number of nitrogens with zero attached hydrogens (tertiary/aromatic N) is 1. The monoisotopic (exact) mass is 452 g/mol. The lowest BCUT2D eigenvalue weighted by Gasteiger charge is -2.32. The summed E-state index contributed by atoms with van der Waals surface area (Å²) in [5, 5.41) is 5.19. The van der Waals surface area contributed by atoms with Crippen LogP contribution >= 0.6 is 0 Å². The van der Waals surface area contributed by atoms with E-state index < -0.39 is 10.0 Å². The van der Waals surface area contributed by atoms with Gasteiger partial charge in [-0.05, 0) is 72.9 Å². The van der Waals surface area contributed by atoms with E-state index in [2.05, 4.69) is 13.8 Å². The topological polar surface area (TPSA) is 91.4 Å². The van der Waals surface area contributed by atoms with Crippen molar-refractivity contribution in [2.24, 2.45) is 11.1 Å². The van der Waals surface area contributed by atoms with E-state index in [1.807, 2.05) is 48.0 Å². The maximum absolute atomic E-state index is 13.2. The standard InChI is InChI=1S/C25H28N2O4S/c1-17(24(28)18-6-11-23-22(16-18)25(2,3)12-14-31-23)15-20-5-4-13-27(20)19-7-9-21(10-8-19)32(26,29)30/h4-11,13,16-17H,12,14-15H2,1-3H3,(H2,26,29,30). The number of fused-ring (bicyclic) bond motifs is 1. The predicted molar refractivity (Wildman–Crippen MR) is 124 cm³/mol. The molecule has 0 aliphatic carbocycles. The number of primary sulfonamides is 1. The molecule has 0 spiro atoms. The van der Waals surface area contributed by atoms with E-state index in [1.54, 1.807) is 12.1 Å². The molecular formula is C25H28N2O4S. The number of rotatable bonds is 6. The molecule has 0 saturated carbocycles. The summed E-state index contributed by atoms with van der Waals surface area (Å²) < 4.78 is 30.7. The Kier molecular flexibility index (Phi) is 5.73. The number of benzene rings is 2. The fourth-order valence-corrected chi connectivity index (χ4v) is 4.73. The first kappa shape index (κ1) is 22.3. The fraction of sp³-hybridized carbons (Fsp3) is 0.320. The van der Waals surface area contributed by atoms with Crippen molar-refractivity contribution in [1.29, 1.82) is 0 Å². The second-order valence-corrected chi connectivity index (χ2v) is 10.6. The van der Waals surface area contributed by atoms with Gasteiger partial charge in [-0.25, -0.2) is 13.6 Å². The van der Waals surface area contributed by atoms with E-state index in [1.165, 1.54) is 12.1 Å². The molecule has 6 nitrogen and oxygen atoms in total. The van der Waals surface area contributed by atoms with Gasteiger partial charge in [-0.2, -0.15) is 0 Å². The van der Waals surface area contributed by atoms with Crippen molar-refractivity contribution in [2.45, 2.75) is 43.9 Å². The molecule has 4 rings (SSSR count). The summed E-state index contributed by atoms with van der Waals surface area (Å²) in [6.07, 6.45) is 3.38. The summed E-state index contributed by atoms with van der Waals surface area (Å²) in [6, 6.07) is 16.0. The Bertz CT molecular complexity index is 1260. The Morgan fingerprint density at radius 1 is 1.16 bits per heavy atom. The summed E-state index contributed by atoms with van der Waals surface area (Å²) in [7, 11) is -3.74. The van der Waals surface area contributed by atoms with Gasteiger partial charge in [-0.1, -0.05) is 20.8 Å². The van der Waals surface area contributed by atoms with Gasteiger partial charge in [0.2, 0.25) is 10.0 Å². The average molecular weight is 453 g/mol. The average Bonchev–Trinajstić information content (AvgIpc) is 3.20. The molecule has 1 atom stereocenters. The smallest absolute Gasteiger partial charge is 0.238 e. The summed E-state index contributed by atoms with van der Waals surface area (Å²) in [5.41, 5.74) is 3.54. The van der Waals surface area contributed by atoms with Crippen LogP contribution in [0, 0.1) is 5.92 Å². The van der Waals surface area contributed by atoms with Gasteiger partial charge in [-0.3, -0.25) is 4.79 Å². The van der Waals surface area contributed by atoms with Crippen LogP contribution in [0.3, 0.4) is 0 Å². The van der Waals surface area contributed by atoms with Gasteiger partial charge in [0.15, 0.2) is 5.78 Å². The van der Waals surface area contributed by atoms with Crippen LogP contribution in [0.25, 0.3) is 5.69 Å². The van der Waals surface area contributed by atoms with E-state index in [-0.39, 0.29) is 22.0 Å². The van der Waals surface area contributed by atoms with Crippen molar-refractivity contribution in [2.75, 3.05) is 6.61 Å². The molecule has 2 N–H and O–H groups in total. The second kappa shape index (κ2) is 8.22. The largest absolute Gasteiger partial charge is 0.493 e. The molecule has 0 radical (unpaired) electrons. The minimum absolute atomic E-state index is 0.0228. The molecule has 2 aromatic carbocycles. The molecule has 1 aromatic heterocycles. The van der Waals surface area contributed by atoms with Crippen LogP contribution in [-0.4, -0.2) is 25.4 Å². The second-order valence-electron chi connectivity index (χ2n) is 9.07. The Balaban J connectivity index is 1.55. The molecule has 32 heavy (non-hydrogen) atoms. The number of ketones is 1. The first-order valence-corrected chi connectivity index (χ1v) is 12.2. The highest BCUT2D eigenvalue weighted by atomic mass is 32.2. The summed E-state index contributed by atoms with van der Waals surface area (Å²) in [4.78, 5) is 13.3. The number of nitrogens with two attached hydrogens (primary N) is 1. The lowest BCUT2D eigenvalue weighted by atomic mass is 9.78. The highest BCUT2D eigenvalue weighted by Gasteiger charge is 2.30. The highest BCUT2D eigenvalue weighted by molar-refractivity contribution is 7.89. The Labute approximate surface area is 189 Å². The number of Topliss-reactive ketones (excluding diaryl/α,β-unsaturated/α-hetero) is 1. The predicted octanol–water partition coefficient (Wildman–Crippen LogP) is 4.25. The van der Waals surface area contributed by atoms with Gasteiger partial charge in [0.05, 0.1) is 11.5 Å². The third-order valence-electron chi connectivity index (χ3n) is 6.22. The Morgan fingerprint density at radius 3 is 2.56 bits per heavy atom. The molecule has 1 unspecified atom stereocenters. The highest BCUT2D eigenvalue weighted by Crippen LogP contribution is 2.39. The van der Waals surface area contributed by atoms with Gasteiger partial charge in [-0.15, -0.1) is 0 Å². The Hall–Kier alpha value is -2.90. The van der Waals surface area contributed by atoms with Crippen LogP contribution in [0.2, 0.25) is 0 Å². The number of hydrogen-bond acceptors (Lipinski definition) is 4. The molecule has 0 amide bonds. The van der Waals surface area contributed by atoms with Gasteiger partial charge in [0.1, 0.15) is 5.75 Å². The number of aromatic nitrogens is 1. The maximum atomic E-state index is 13.2. The minimum atomic E-state index is -3.74. The SMILES string of the molecule is CC(Cc1cccn1-c1ccc(S(N)(=O)=O)cc1)C(=O)c1ccc2c(c1)C(C)(C)CCO2. The van der Waals surface area contributed by atoms with E-state index in [9.17, 15) is 13.2 Å². The number of sulfonamides is 1. The molecule has 7 heteroatoms. The number of carbonyl (C=O) groups excluding carboxylic acids is 1. The third kappa shape index (κ3) is 4.36. The van der Waals surface area contributed by atoms with Crippen LogP contribution in [-0.2, 0) is 21.9 Å². The van der Waals surface area contributed by atoms with Crippen LogP contribution < -0.4 is 9.88 Å². The zero-order valence-electron chi connectivity index (χ0n) is 18.5. The van der Waals surface area contributed by atoms with Crippen molar-refractivity contribution in [3.8, 4) is 11.4 Å². The number of carbonyl (C=O) groups is 1. The lowest BCUT2D eigenvalue weighted by molar-refractivity contribution is 0.0928. The quantitative estimate of drug-likeness (QED) is 0.566. The van der Waals surface area contributed by atoms with E-state index >= 15 is 0 Å². The van der Waals surface area contributed by atoms with Gasteiger partial charge < -0.3 is 9.30 Å². The van der Waals surface area contributed by atoms with Crippen LogP contribution in [0.15, 0.2) is 65.7 Å². The summed E-state index contributed by atoms with van der Waals surface area (Å²) in [5.74, 6) is 0.729. The van der Waals surface area contributed by atoms with E-state index in [0.717, 1.165) is 29.1 Å². The van der Waals surface area contributed by atoms with Crippen LogP contribution in [0.5, 0.6) is 5.75 Å². The molecule has 0 bridgehead atoms. The first-order valence-electron chi connectivity index (χ1n) is 10.7. The summed E-state index contributed by atoms with van der Waals surface area (Å²) in [6.45, 7) is 6.99. The third-order valence-corrected chi connectivity index (χ3v) is 7.15. The number of ether oxygens (including phenoxy) is 1. The van der Waals surface area contributed by atoms with Gasteiger partial charge in [0.25, 0.3) is 0 Å². The molecule has 168 valence electrons. The first-order chi connectivity index (χ1) is 15.1. The van der Waals surface area contributed by atoms with E-state index in [0.29, 0.717) is 18.6 Å². The summed E-state index contributed by atoms with van der Waals surface area (Å²) >= 11 is 0. The minimum Gasteiger partial charge on any atom is -0.493 e. The van der Waals surface area contributed by atoms with Gasteiger partial charge in [0, 0.05) is 34.6 Å². The van der Waals surface area contributed by atoms with Crippen molar-refractivity contribution >= 4 is 15.8 Å². The van der Waals surface area contributed by atoms with E-state index in [4.69, 9.17) is 9.88 Å². The Morgan fingerprint density at radius 2 is 1.88 bits per heavy atom. The molecule has 2 heterocycles. The lowest BCUT2D eigenvalue weighted by Crippen LogP contribution is -2.27. The molecule has 3 aromatic rings. The van der Waals surface area contributed by atoms with Crippen molar-refractivity contribution in [3.63, 3.8) is 0 Å². The van der Waals surface area contributed by atoms with Crippen LogP contribution in [0.4, 0.5) is 0 Å². The van der Waals surface area contributed by atoms with Crippen LogP contribution in [0.1, 0.15) is 48.8 Å². The van der Waals surface area contributed by atoms with Crippen molar-refractivity contribution in [1.82, 2.24) is 4.57 Å². The molecule has 0 fully saturated rings. The molecule has 1 aliphatic rings. The zero-order valence-corrected chi connectivity index (χ0v) is 19.4. The maximum Gasteiger partial charge on any atom is 0.238 e. The van der Waals surface area contributed by atoms with Crippen molar-refractivity contribution < 1.29 is 17.9 Å². The van der Waals surface area contributed by atoms with Crippen molar-refractivity contribution in [3.05, 3.63) is 77.6 Å². The molecular weight excluding hydrogens is 424 g/mol. The van der Waals surface area contributed by atoms with Gasteiger partial charge >= 0.3 is 0 Å². The normalized spacial score (nSPS) is 16.1. The fourth-order valence-electron chi connectivity index (χ4n) is 4.21.